The molecule has 2 aromatic rings. The van der Waals surface area contributed by atoms with E-state index in [1.807, 2.05) is 31.3 Å². The summed E-state index contributed by atoms with van der Waals surface area (Å²) in [7, 11) is 1.86. The lowest BCUT2D eigenvalue weighted by Gasteiger charge is -2.08. The van der Waals surface area contributed by atoms with Gasteiger partial charge in [-0.3, -0.25) is 4.79 Å². The molecule has 4 nitrogen and oxygen atoms in total. The lowest BCUT2D eigenvalue weighted by molar-refractivity contribution is 0.102. The second kappa shape index (κ2) is 6.41. The first-order valence-corrected chi connectivity index (χ1v) is 6.51. The van der Waals surface area contributed by atoms with Crippen molar-refractivity contribution >= 4 is 23.2 Å². The number of halogens is 1. The lowest BCUT2D eigenvalue weighted by atomic mass is 10.1. The van der Waals surface area contributed by atoms with E-state index in [0.717, 1.165) is 12.1 Å². The van der Waals surface area contributed by atoms with Gasteiger partial charge in [-0.15, -0.1) is 0 Å². The van der Waals surface area contributed by atoms with Crippen molar-refractivity contribution in [3.8, 4) is 5.75 Å². The number of hydrogen-bond donors (Lipinski definition) is 3. The maximum atomic E-state index is 12.1. The minimum Gasteiger partial charge on any atom is -0.506 e. The lowest BCUT2D eigenvalue weighted by Crippen LogP contribution is -2.12. The fourth-order valence-electron chi connectivity index (χ4n) is 1.81. The molecule has 0 spiro atoms. The van der Waals surface area contributed by atoms with E-state index in [1.54, 1.807) is 0 Å². The van der Waals surface area contributed by atoms with Gasteiger partial charge in [-0.25, -0.2) is 0 Å². The molecule has 0 bridgehead atoms. The maximum Gasteiger partial charge on any atom is 0.255 e. The van der Waals surface area contributed by atoms with Crippen LogP contribution in [-0.4, -0.2) is 18.1 Å². The Hall–Kier alpha value is -2.04. The zero-order valence-corrected chi connectivity index (χ0v) is 11.7. The molecular weight excluding hydrogens is 276 g/mol. The molecule has 0 atom stereocenters. The topological polar surface area (TPSA) is 61.4 Å². The molecule has 0 aliphatic heterocycles. The van der Waals surface area contributed by atoms with Gasteiger partial charge in [-0.1, -0.05) is 23.7 Å². The average molecular weight is 291 g/mol. The molecule has 0 unspecified atom stereocenters. The van der Waals surface area contributed by atoms with E-state index in [1.165, 1.54) is 18.2 Å². The number of phenols is 1. The number of aromatic hydroxyl groups is 1. The predicted molar refractivity (Wildman–Crippen MR) is 80.3 cm³/mol. The van der Waals surface area contributed by atoms with Crippen molar-refractivity contribution in [1.82, 2.24) is 5.32 Å². The molecule has 104 valence electrons. The Bertz CT molecular complexity index is 629. The minimum absolute atomic E-state index is 0.0424. The first kappa shape index (κ1) is 14.4. The summed E-state index contributed by atoms with van der Waals surface area (Å²) in [6, 6.07) is 11.9. The van der Waals surface area contributed by atoms with Gasteiger partial charge in [-0.05, 0) is 42.9 Å². The number of carbonyl (C=O) groups excluding carboxylic acids is 1. The number of amides is 1. The molecule has 0 aromatic heterocycles. The molecule has 0 saturated carbocycles. The van der Waals surface area contributed by atoms with Gasteiger partial charge in [-0.2, -0.15) is 0 Å². The van der Waals surface area contributed by atoms with Crippen molar-refractivity contribution in [1.29, 1.82) is 0 Å². The van der Waals surface area contributed by atoms with Gasteiger partial charge >= 0.3 is 0 Å². The van der Waals surface area contributed by atoms with Crippen molar-refractivity contribution in [2.24, 2.45) is 0 Å². The van der Waals surface area contributed by atoms with Crippen LogP contribution in [0.1, 0.15) is 15.9 Å². The summed E-state index contributed by atoms with van der Waals surface area (Å²) < 4.78 is 0. The first-order chi connectivity index (χ1) is 9.60. The van der Waals surface area contributed by atoms with Crippen LogP contribution in [0.2, 0.25) is 5.02 Å². The van der Waals surface area contributed by atoms with Crippen LogP contribution < -0.4 is 10.6 Å². The van der Waals surface area contributed by atoms with E-state index < -0.39 is 0 Å². The Morgan fingerprint density at radius 1 is 1.25 bits per heavy atom. The maximum absolute atomic E-state index is 12.1. The number of nitrogens with one attached hydrogen (secondary N) is 2. The highest BCUT2D eigenvalue weighted by Crippen LogP contribution is 2.24. The van der Waals surface area contributed by atoms with Crippen LogP contribution in [0, 0.1) is 0 Å². The minimum atomic E-state index is -0.270. The number of rotatable bonds is 4. The number of phenolic OH excluding ortho intramolecular Hbond substituents is 1. The third-order valence-corrected chi connectivity index (χ3v) is 3.08. The molecule has 0 radical (unpaired) electrons. The summed E-state index contributed by atoms with van der Waals surface area (Å²) in [5.74, 6) is -0.312. The Morgan fingerprint density at radius 2 is 2.05 bits per heavy atom. The standard InChI is InChI=1S/C15H15ClN2O2/c1-17-9-10-3-2-4-12(7-10)18-15(20)11-5-6-14(19)13(16)8-11/h2-8,17,19H,9H2,1H3,(H,18,20). The van der Waals surface area contributed by atoms with Gasteiger partial charge in [0.2, 0.25) is 0 Å². The Kier molecular flexibility index (Phi) is 4.61. The second-order valence-electron chi connectivity index (χ2n) is 4.35. The molecule has 0 fully saturated rings. The van der Waals surface area contributed by atoms with Crippen LogP contribution >= 0.6 is 11.6 Å². The molecule has 0 heterocycles. The van der Waals surface area contributed by atoms with Crippen molar-refractivity contribution in [3.63, 3.8) is 0 Å². The van der Waals surface area contributed by atoms with Crippen LogP contribution in [0.25, 0.3) is 0 Å². The fraction of sp³-hybridized carbons (Fsp3) is 0.133. The summed E-state index contributed by atoms with van der Waals surface area (Å²) in [6.45, 7) is 0.731. The van der Waals surface area contributed by atoms with E-state index in [2.05, 4.69) is 10.6 Å². The van der Waals surface area contributed by atoms with Crippen LogP contribution in [0.4, 0.5) is 5.69 Å². The molecule has 3 N–H and O–H groups in total. The van der Waals surface area contributed by atoms with Gasteiger partial charge in [0.1, 0.15) is 5.75 Å². The highest BCUT2D eigenvalue weighted by molar-refractivity contribution is 6.32. The highest BCUT2D eigenvalue weighted by atomic mass is 35.5. The van der Waals surface area contributed by atoms with Crippen LogP contribution in [-0.2, 0) is 6.54 Å². The highest BCUT2D eigenvalue weighted by Gasteiger charge is 2.09. The predicted octanol–water partition coefficient (Wildman–Crippen LogP) is 3.02. The van der Waals surface area contributed by atoms with E-state index >= 15 is 0 Å². The molecule has 20 heavy (non-hydrogen) atoms. The van der Waals surface area contributed by atoms with E-state index in [9.17, 15) is 9.90 Å². The zero-order valence-electron chi connectivity index (χ0n) is 11.0. The summed E-state index contributed by atoms with van der Waals surface area (Å²) in [5, 5.41) is 15.3. The third-order valence-electron chi connectivity index (χ3n) is 2.78. The Labute approximate surface area is 122 Å². The van der Waals surface area contributed by atoms with E-state index in [-0.39, 0.29) is 16.7 Å². The summed E-state index contributed by atoms with van der Waals surface area (Å²) in [5.41, 5.74) is 2.19. The van der Waals surface area contributed by atoms with Gasteiger partial charge in [0, 0.05) is 17.8 Å². The van der Waals surface area contributed by atoms with E-state index in [4.69, 9.17) is 11.6 Å². The molecule has 0 aliphatic carbocycles. The second-order valence-corrected chi connectivity index (χ2v) is 4.76. The zero-order chi connectivity index (χ0) is 14.5. The van der Waals surface area contributed by atoms with E-state index in [0.29, 0.717) is 11.3 Å². The average Bonchev–Trinajstić information content (AvgIpc) is 2.42. The molecular formula is C15H15ClN2O2. The fourth-order valence-corrected chi connectivity index (χ4v) is 2.00. The van der Waals surface area contributed by atoms with Gasteiger partial charge < -0.3 is 15.7 Å². The van der Waals surface area contributed by atoms with Gasteiger partial charge in [0.15, 0.2) is 0 Å². The molecule has 0 aliphatic rings. The number of carbonyl (C=O) groups is 1. The molecule has 2 rings (SSSR count). The Balaban J connectivity index is 2.14. The summed E-state index contributed by atoms with van der Waals surface area (Å²) in [4.78, 5) is 12.1. The number of benzene rings is 2. The van der Waals surface area contributed by atoms with Gasteiger partial charge in [0.25, 0.3) is 5.91 Å². The summed E-state index contributed by atoms with van der Waals surface area (Å²) in [6.07, 6.45) is 0. The molecule has 1 amide bonds. The molecule has 0 saturated heterocycles. The van der Waals surface area contributed by atoms with Crippen molar-refractivity contribution in [2.75, 3.05) is 12.4 Å². The summed E-state index contributed by atoms with van der Waals surface area (Å²) >= 11 is 5.79. The molecule has 2 aromatic carbocycles. The van der Waals surface area contributed by atoms with Crippen LogP contribution in [0.3, 0.4) is 0 Å². The van der Waals surface area contributed by atoms with Crippen molar-refractivity contribution in [3.05, 3.63) is 58.6 Å². The van der Waals surface area contributed by atoms with Gasteiger partial charge in [0.05, 0.1) is 5.02 Å². The number of hydrogen-bond acceptors (Lipinski definition) is 3. The normalized spacial score (nSPS) is 10.3. The monoisotopic (exact) mass is 290 g/mol. The SMILES string of the molecule is CNCc1cccc(NC(=O)c2ccc(O)c(Cl)c2)c1. The third kappa shape index (κ3) is 3.50. The Morgan fingerprint density at radius 3 is 2.75 bits per heavy atom. The molecule has 5 heteroatoms. The smallest absolute Gasteiger partial charge is 0.255 e. The first-order valence-electron chi connectivity index (χ1n) is 6.13. The quantitative estimate of drug-likeness (QED) is 0.811. The number of anilines is 1. The van der Waals surface area contributed by atoms with Crippen LogP contribution in [0.5, 0.6) is 5.75 Å². The van der Waals surface area contributed by atoms with Crippen LogP contribution in [0.15, 0.2) is 42.5 Å². The van der Waals surface area contributed by atoms with Crippen molar-refractivity contribution < 1.29 is 9.90 Å². The largest absolute Gasteiger partial charge is 0.506 e. The van der Waals surface area contributed by atoms with Crippen molar-refractivity contribution in [2.45, 2.75) is 6.54 Å².